The number of nitrogens with one attached hydrogen (secondary N) is 1. The minimum absolute atomic E-state index is 0.0272. The van der Waals surface area contributed by atoms with Gasteiger partial charge in [0.25, 0.3) is 5.91 Å². The zero-order chi connectivity index (χ0) is 17.8. The maximum Gasteiger partial charge on any atom is 0.251 e. The smallest absolute Gasteiger partial charge is 0.251 e. The van der Waals surface area contributed by atoms with Crippen molar-refractivity contribution in [2.75, 3.05) is 0 Å². The van der Waals surface area contributed by atoms with Crippen molar-refractivity contribution in [1.29, 1.82) is 0 Å². The summed E-state index contributed by atoms with van der Waals surface area (Å²) < 4.78 is 0. The largest absolute Gasteiger partial charge is 0.349 e. The lowest BCUT2D eigenvalue weighted by Gasteiger charge is -2.24. The molecule has 3 rings (SSSR count). The van der Waals surface area contributed by atoms with Crippen LogP contribution in [0.4, 0.5) is 0 Å². The van der Waals surface area contributed by atoms with Crippen molar-refractivity contribution in [3.05, 3.63) is 70.8 Å². The minimum atomic E-state index is 0.0272. The Hall–Kier alpha value is -2.09. The normalized spacial score (nSPS) is 17.8. The first-order valence-electron chi connectivity index (χ1n) is 9.49. The average Bonchev–Trinajstić information content (AvgIpc) is 2.62. The van der Waals surface area contributed by atoms with Crippen LogP contribution in [0.2, 0.25) is 0 Å². The van der Waals surface area contributed by atoms with Gasteiger partial charge in [-0.05, 0) is 73.3 Å². The molecule has 1 unspecified atom stereocenters. The van der Waals surface area contributed by atoms with E-state index >= 15 is 0 Å². The summed E-state index contributed by atoms with van der Waals surface area (Å²) in [4.78, 5) is 12.3. The molecule has 0 aromatic heterocycles. The number of carbonyl (C=O) groups excluding carboxylic acids is 1. The lowest BCUT2D eigenvalue weighted by Crippen LogP contribution is -2.36. The van der Waals surface area contributed by atoms with Gasteiger partial charge in [0.1, 0.15) is 0 Å². The van der Waals surface area contributed by atoms with E-state index in [-0.39, 0.29) is 11.9 Å². The van der Waals surface area contributed by atoms with Gasteiger partial charge in [-0.25, -0.2) is 0 Å². The van der Waals surface area contributed by atoms with Gasteiger partial charge in [-0.15, -0.1) is 0 Å². The van der Waals surface area contributed by atoms with E-state index in [9.17, 15) is 4.79 Å². The van der Waals surface area contributed by atoms with Gasteiger partial charge in [-0.3, -0.25) is 4.79 Å². The number of hydrogen-bond donors (Lipinski definition) is 1. The molecule has 1 N–H and O–H groups in total. The van der Waals surface area contributed by atoms with Gasteiger partial charge >= 0.3 is 0 Å². The topological polar surface area (TPSA) is 29.1 Å². The molecule has 0 aliphatic heterocycles. The van der Waals surface area contributed by atoms with Crippen LogP contribution in [0.5, 0.6) is 0 Å². The zero-order valence-corrected chi connectivity index (χ0v) is 15.6. The second kappa shape index (κ2) is 7.86. The third-order valence-electron chi connectivity index (χ3n) is 5.55. The first kappa shape index (κ1) is 17.7. The van der Waals surface area contributed by atoms with Crippen molar-refractivity contribution in [2.24, 2.45) is 11.8 Å². The van der Waals surface area contributed by atoms with E-state index in [1.807, 2.05) is 12.1 Å². The van der Waals surface area contributed by atoms with Crippen LogP contribution < -0.4 is 5.32 Å². The lowest BCUT2D eigenvalue weighted by atomic mass is 9.81. The van der Waals surface area contributed by atoms with Crippen LogP contribution in [-0.2, 0) is 19.3 Å². The molecule has 25 heavy (non-hydrogen) atoms. The van der Waals surface area contributed by atoms with E-state index in [1.54, 1.807) is 0 Å². The van der Waals surface area contributed by atoms with Crippen LogP contribution in [-0.4, -0.2) is 11.9 Å². The second-order valence-corrected chi connectivity index (χ2v) is 7.78. The maximum atomic E-state index is 12.3. The second-order valence-electron chi connectivity index (χ2n) is 7.78. The number of aryl methyl sites for hydroxylation is 1. The average molecular weight is 335 g/mol. The molecule has 0 radical (unpaired) electrons. The summed E-state index contributed by atoms with van der Waals surface area (Å²) >= 11 is 0. The van der Waals surface area contributed by atoms with Crippen LogP contribution in [0.3, 0.4) is 0 Å². The monoisotopic (exact) mass is 335 g/mol. The fourth-order valence-electron chi connectivity index (χ4n) is 3.53. The number of fused-ring (bicyclic) bond motifs is 1. The number of amides is 1. The van der Waals surface area contributed by atoms with Gasteiger partial charge in [0, 0.05) is 11.6 Å². The van der Waals surface area contributed by atoms with Gasteiger partial charge < -0.3 is 5.32 Å². The number of benzene rings is 2. The lowest BCUT2D eigenvalue weighted by molar-refractivity contribution is 0.0930. The summed E-state index contributed by atoms with van der Waals surface area (Å²) in [5, 5.41) is 3.07. The SMILES string of the molecule is CC(C)[C@@H](C)NC(=O)c1ccc(CC2CCc3ccccc3C2)cc1. The Kier molecular flexibility index (Phi) is 5.57. The minimum Gasteiger partial charge on any atom is -0.349 e. The Labute approximate surface area is 151 Å². The molecular weight excluding hydrogens is 306 g/mol. The molecule has 2 atom stereocenters. The van der Waals surface area contributed by atoms with Crippen LogP contribution in [0.25, 0.3) is 0 Å². The van der Waals surface area contributed by atoms with E-state index < -0.39 is 0 Å². The molecule has 0 heterocycles. The van der Waals surface area contributed by atoms with Crippen LogP contribution in [0.15, 0.2) is 48.5 Å². The third kappa shape index (κ3) is 4.50. The van der Waals surface area contributed by atoms with Crippen LogP contribution in [0.1, 0.15) is 54.2 Å². The predicted molar refractivity (Wildman–Crippen MR) is 104 cm³/mol. The highest BCUT2D eigenvalue weighted by Crippen LogP contribution is 2.27. The Morgan fingerprint density at radius 1 is 1.04 bits per heavy atom. The molecule has 0 bridgehead atoms. The van der Waals surface area contributed by atoms with E-state index in [2.05, 4.69) is 62.5 Å². The van der Waals surface area contributed by atoms with Crippen molar-refractivity contribution in [3.63, 3.8) is 0 Å². The van der Waals surface area contributed by atoms with E-state index in [0.29, 0.717) is 11.8 Å². The molecule has 1 aliphatic rings. The third-order valence-corrected chi connectivity index (χ3v) is 5.55. The quantitative estimate of drug-likeness (QED) is 0.835. The summed E-state index contributed by atoms with van der Waals surface area (Å²) in [6.07, 6.45) is 4.71. The molecule has 2 aromatic carbocycles. The molecule has 1 amide bonds. The molecule has 0 saturated carbocycles. The van der Waals surface area contributed by atoms with Gasteiger partial charge in [-0.2, -0.15) is 0 Å². The number of rotatable bonds is 5. The molecular formula is C23H29NO. The maximum absolute atomic E-state index is 12.3. The van der Waals surface area contributed by atoms with Gasteiger partial charge in [0.2, 0.25) is 0 Å². The Bertz CT molecular complexity index is 717. The van der Waals surface area contributed by atoms with Gasteiger partial charge in [0.15, 0.2) is 0 Å². The molecule has 2 nitrogen and oxygen atoms in total. The summed E-state index contributed by atoms with van der Waals surface area (Å²) in [5.74, 6) is 1.17. The van der Waals surface area contributed by atoms with Crippen LogP contribution in [0, 0.1) is 11.8 Å². The van der Waals surface area contributed by atoms with Crippen molar-refractivity contribution >= 4 is 5.91 Å². The van der Waals surface area contributed by atoms with E-state index in [1.165, 1.54) is 36.0 Å². The van der Waals surface area contributed by atoms with Crippen molar-refractivity contribution in [2.45, 2.75) is 52.5 Å². The first-order chi connectivity index (χ1) is 12.0. The number of carbonyl (C=O) groups is 1. The summed E-state index contributed by atoms with van der Waals surface area (Å²) in [5.41, 5.74) is 5.12. The molecule has 132 valence electrons. The molecule has 0 fully saturated rings. The summed E-state index contributed by atoms with van der Waals surface area (Å²) in [6, 6.07) is 17.2. The summed E-state index contributed by atoms with van der Waals surface area (Å²) in [7, 11) is 0. The highest BCUT2D eigenvalue weighted by Gasteiger charge is 2.19. The van der Waals surface area contributed by atoms with E-state index in [0.717, 1.165) is 12.0 Å². The Morgan fingerprint density at radius 2 is 1.72 bits per heavy atom. The van der Waals surface area contributed by atoms with Crippen LogP contribution >= 0.6 is 0 Å². The fraction of sp³-hybridized carbons (Fsp3) is 0.435. The van der Waals surface area contributed by atoms with Crippen molar-refractivity contribution < 1.29 is 4.79 Å². The molecule has 2 aromatic rings. The zero-order valence-electron chi connectivity index (χ0n) is 15.6. The highest BCUT2D eigenvalue weighted by atomic mass is 16.1. The number of hydrogen-bond acceptors (Lipinski definition) is 1. The molecule has 1 aliphatic carbocycles. The summed E-state index contributed by atoms with van der Waals surface area (Å²) in [6.45, 7) is 6.30. The van der Waals surface area contributed by atoms with Gasteiger partial charge in [0.05, 0.1) is 0 Å². The highest BCUT2D eigenvalue weighted by molar-refractivity contribution is 5.94. The Morgan fingerprint density at radius 3 is 2.40 bits per heavy atom. The molecule has 0 saturated heterocycles. The van der Waals surface area contributed by atoms with Crippen molar-refractivity contribution in [1.82, 2.24) is 5.32 Å². The van der Waals surface area contributed by atoms with Crippen molar-refractivity contribution in [3.8, 4) is 0 Å². The predicted octanol–water partition coefficient (Wildman–Crippen LogP) is 4.81. The molecule has 2 heteroatoms. The first-order valence-corrected chi connectivity index (χ1v) is 9.49. The fourth-order valence-corrected chi connectivity index (χ4v) is 3.53. The Balaban J connectivity index is 1.59. The van der Waals surface area contributed by atoms with E-state index in [4.69, 9.17) is 0 Å². The molecule has 0 spiro atoms. The van der Waals surface area contributed by atoms with Gasteiger partial charge in [-0.1, -0.05) is 50.2 Å². The standard InChI is InChI=1S/C23H29NO/c1-16(2)17(3)24-23(25)21-12-8-18(9-13-21)14-19-10-11-20-6-4-5-7-22(20)15-19/h4-9,12-13,16-17,19H,10-11,14-15H2,1-3H3,(H,24,25)/t17-,19?/m1/s1.